The van der Waals surface area contributed by atoms with E-state index < -0.39 is 12.0 Å². The SMILES string of the molecule is C=C1C(F)Oc2cc3nc(NC(=O)CC(C)(O)c4ccccc4)n(C4CCC4)c3cc2C2CC12. The lowest BCUT2D eigenvalue weighted by Crippen LogP contribution is -2.30. The number of carbonyl (C=O) groups excluding carboxylic acids is 1. The maximum Gasteiger partial charge on any atom is 0.260 e. The number of imidazole rings is 1. The van der Waals surface area contributed by atoms with Gasteiger partial charge in [-0.05, 0) is 61.6 Å². The maximum atomic E-state index is 14.5. The molecule has 0 spiro atoms. The number of ether oxygens (including phenoxy) is 1. The standard InChI is InChI=1S/C27H28FN3O3/c1-15-18-11-19(18)20-12-22-21(13-23(20)34-25(15)28)29-26(31(22)17-9-6-10-17)30-24(32)14-27(2,33)16-7-4-3-5-8-16/h3-5,7-8,12-13,17-19,25,33H,1,6,9-11,14H2,2H3,(H,29,30,32). The highest BCUT2D eigenvalue weighted by molar-refractivity contribution is 5.93. The van der Waals surface area contributed by atoms with Crippen molar-refractivity contribution in [2.24, 2.45) is 5.92 Å². The first-order valence-electron chi connectivity index (χ1n) is 11.9. The number of benzene rings is 2. The van der Waals surface area contributed by atoms with Gasteiger partial charge in [0.15, 0.2) is 0 Å². The average molecular weight is 462 g/mol. The van der Waals surface area contributed by atoms with E-state index in [0.29, 0.717) is 28.4 Å². The van der Waals surface area contributed by atoms with Crippen molar-refractivity contribution in [2.75, 3.05) is 5.32 Å². The van der Waals surface area contributed by atoms with E-state index in [9.17, 15) is 14.3 Å². The van der Waals surface area contributed by atoms with Crippen LogP contribution in [0, 0.1) is 5.92 Å². The summed E-state index contributed by atoms with van der Waals surface area (Å²) in [6.45, 7) is 5.53. The molecule has 7 heteroatoms. The molecule has 2 fully saturated rings. The Morgan fingerprint density at radius 3 is 2.76 bits per heavy atom. The number of nitrogens with zero attached hydrogens (tertiary/aromatic N) is 2. The van der Waals surface area contributed by atoms with Gasteiger partial charge in [-0.15, -0.1) is 0 Å². The molecule has 1 aromatic heterocycles. The molecule has 3 aromatic rings. The second-order valence-electron chi connectivity index (χ2n) is 10.1. The van der Waals surface area contributed by atoms with Crippen LogP contribution in [-0.4, -0.2) is 26.9 Å². The van der Waals surface area contributed by atoms with Crippen molar-refractivity contribution in [1.29, 1.82) is 0 Å². The molecule has 0 radical (unpaired) electrons. The normalized spacial score (nSPS) is 25.4. The Hall–Kier alpha value is -3.19. The van der Waals surface area contributed by atoms with Gasteiger partial charge in [0, 0.05) is 17.7 Å². The summed E-state index contributed by atoms with van der Waals surface area (Å²) in [5.74, 6) is 0.992. The minimum absolute atomic E-state index is 0.0973. The molecular formula is C27H28FN3O3. The number of aromatic nitrogens is 2. The number of aliphatic hydroxyl groups is 1. The van der Waals surface area contributed by atoms with Crippen molar-refractivity contribution in [3.05, 3.63) is 65.7 Å². The van der Waals surface area contributed by atoms with Gasteiger partial charge in [0.1, 0.15) is 5.75 Å². The van der Waals surface area contributed by atoms with E-state index in [1.54, 1.807) is 13.0 Å². The lowest BCUT2D eigenvalue weighted by molar-refractivity contribution is -0.120. The predicted molar refractivity (Wildman–Crippen MR) is 127 cm³/mol. The van der Waals surface area contributed by atoms with Gasteiger partial charge in [0.2, 0.25) is 11.9 Å². The summed E-state index contributed by atoms with van der Waals surface area (Å²) in [7, 11) is 0. The molecule has 2 saturated carbocycles. The highest BCUT2D eigenvalue weighted by Gasteiger charge is 2.47. The van der Waals surface area contributed by atoms with Crippen molar-refractivity contribution in [3.8, 4) is 5.75 Å². The van der Waals surface area contributed by atoms with Gasteiger partial charge < -0.3 is 14.4 Å². The van der Waals surface area contributed by atoms with Crippen molar-refractivity contribution < 1.29 is 19.0 Å². The summed E-state index contributed by atoms with van der Waals surface area (Å²) in [4.78, 5) is 17.7. The largest absolute Gasteiger partial charge is 0.456 e. The van der Waals surface area contributed by atoms with Crippen LogP contribution >= 0.6 is 0 Å². The maximum absolute atomic E-state index is 14.5. The first-order chi connectivity index (χ1) is 16.3. The molecule has 1 aliphatic heterocycles. The zero-order valence-corrected chi connectivity index (χ0v) is 19.1. The number of carbonyl (C=O) groups is 1. The molecule has 1 amide bonds. The zero-order chi connectivity index (χ0) is 23.6. The molecule has 34 heavy (non-hydrogen) atoms. The van der Waals surface area contributed by atoms with Crippen molar-refractivity contribution in [1.82, 2.24) is 9.55 Å². The van der Waals surface area contributed by atoms with E-state index >= 15 is 0 Å². The molecule has 2 N–H and O–H groups in total. The molecule has 0 bridgehead atoms. The van der Waals surface area contributed by atoms with Crippen LogP contribution in [0.25, 0.3) is 11.0 Å². The summed E-state index contributed by atoms with van der Waals surface area (Å²) >= 11 is 0. The van der Waals surface area contributed by atoms with E-state index in [0.717, 1.165) is 36.8 Å². The van der Waals surface area contributed by atoms with Gasteiger partial charge in [0.05, 0.1) is 23.1 Å². The molecule has 6 rings (SSSR count). The number of nitrogens with one attached hydrogen (secondary N) is 1. The molecule has 176 valence electrons. The van der Waals surface area contributed by atoms with Gasteiger partial charge in [-0.1, -0.05) is 36.9 Å². The van der Waals surface area contributed by atoms with Gasteiger partial charge in [0.25, 0.3) is 6.36 Å². The lowest BCUT2D eigenvalue weighted by atomic mass is 9.92. The highest BCUT2D eigenvalue weighted by Crippen LogP contribution is 2.57. The summed E-state index contributed by atoms with van der Waals surface area (Å²) in [6.07, 6.45) is 2.43. The Kier molecular flexibility index (Phi) is 4.81. The van der Waals surface area contributed by atoms with E-state index in [1.807, 2.05) is 30.3 Å². The third-order valence-corrected chi connectivity index (χ3v) is 7.60. The molecule has 3 aliphatic rings. The second kappa shape index (κ2) is 7.67. The van der Waals surface area contributed by atoms with Gasteiger partial charge in [-0.3, -0.25) is 10.1 Å². The van der Waals surface area contributed by atoms with Crippen molar-refractivity contribution in [2.45, 2.75) is 62.9 Å². The van der Waals surface area contributed by atoms with Crippen LogP contribution < -0.4 is 10.1 Å². The van der Waals surface area contributed by atoms with Crippen LogP contribution in [0.15, 0.2) is 54.6 Å². The Balaban J connectivity index is 1.34. The molecule has 0 saturated heterocycles. The van der Waals surface area contributed by atoms with Crippen LogP contribution in [0.1, 0.15) is 62.1 Å². The molecule has 2 aromatic carbocycles. The Morgan fingerprint density at radius 2 is 2.06 bits per heavy atom. The van der Waals surface area contributed by atoms with Crippen LogP contribution in [-0.2, 0) is 10.4 Å². The van der Waals surface area contributed by atoms with E-state index in [-0.39, 0.29) is 30.2 Å². The zero-order valence-electron chi connectivity index (χ0n) is 19.1. The summed E-state index contributed by atoms with van der Waals surface area (Å²) < 4.78 is 22.2. The fourth-order valence-corrected chi connectivity index (χ4v) is 5.32. The van der Waals surface area contributed by atoms with Crippen molar-refractivity contribution >= 4 is 22.9 Å². The monoisotopic (exact) mass is 461 g/mol. The van der Waals surface area contributed by atoms with E-state index in [4.69, 9.17) is 9.72 Å². The molecule has 2 aliphatic carbocycles. The highest BCUT2D eigenvalue weighted by atomic mass is 19.1. The predicted octanol–water partition coefficient (Wildman–Crippen LogP) is 5.35. The summed E-state index contributed by atoms with van der Waals surface area (Å²) in [5.41, 5.74) is 2.46. The Labute approximate surface area is 197 Å². The molecular weight excluding hydrogens is 433 g/mol. The van der Waals surface area contributed by atoms with Crippen LogP contribution in [0.2, 0.25) is 0 Å². The molecule has 2 heterocycles. The number of alkyl halides is 1. The third-order valence-electron chi connectivity index (χ3n) is 7.60. The third kappa shape index (κ3) is 3.50. The quantitative estimate of drug-likeness (QED) is 0.503. The first-order valence-corrected chi connectivity index (χ1v) is 11.9. The number of hydrogen-bond acceptors (Lipinski definition) is 4. The lowest BCUT2D eigenvalue weighted by Gasteiger charge is -2.29. The Bertz CT molecular complexity index is 1300. The summed E-state index contributed by atoms with van der Waals surface area (Å²) in [5, 5.41) is 13.9. The summed E-state index contributed by atoms with van der Waals surface area (Å²) in [6, 6.07) is 13.3. The van der Waals surface area contributed by atoms with Gasteiger partial charge >= 0.3 is 0 Å². The first kappa shape index (κ1) is 21.4. The topological polar surface area (TPSA) is 76.4 Å². The fourth-order valence-electron chi connectivity index (χ4n) is 5.32. The minimum Gasteiger partial charge on any atom is -0.456 e. The number of amides is 1. The number of hydrogen-bond donors (Lipinski definition) is 2. The Morgan fingerprint density at radius 1 is 1.29 bits per heavy atom. The fraction of sp³-hybridized carbons (Fsp3) is 0.407. The van der Waals surface area contributed by atoms with Crippen LogP contribution in [0.5, 0.6) is 5.75 Å². The van der Waals surface area contributed by atoms with Gasteiger partial charge in [-0.25, -0.2) is 4.98 Å². The number of halogens is 1. The minimum atomic E-state index is -1.51. The van der Waals surface area contributed by atoms with Gasteiger partial charge in [-0.2, -0.15) is 4.39 Å². The second-order valence-corrected chi connectivity index (χ2v) is 10.1. The van der Waals surface area contributed by atoms with Crippen LogP contribution in [0.3, 0.4) is 0 Å². The van der Waals surface area contributed by atoms with E-state index in [2.05, 4.69) is 22.5 Å². The molecule has 6 nitrogen and oxygen atoms in total. The number of anilines is 1. The number of fused-ring (bicyclic) bond motifs is 4. The van der Waals surface area contributed by atoms with Crippen molar-refractivity contribution in [3.63, 3.8) is 0 Å². The average Bonchev–Trinajstić information content (AvgIpc) is 3.50. The van der Waals surface area contributed by atoms with Crippen LogP contribution in [0.4, 0.5) is 10.3 Å². The van der Waals surface area contributed by atoms with E-state index in [1.165, 1.54) is 0 Å². The number of rotatable bonds is 5. The molecule has 4 atom stereocenters. The smallest absolute Gasteiger partial charge is 0.260 e. The molecule has 4 unspecified atom stereocenters.